The molecule has 1 unspecified atom stereocenters. The molecule has 22 heavy (non-hydrogen) atoms. The number of para-hydroxylation sites is 1. The molecule has 1 aliphatic heterocycles. The lowest BCUT2D eigenvalue weighted by atomic mass is 9.89. The molecule has 5 heteroatoms. The molecule has 1 atom stereocenters. The SMILES string of the molecule is CC(C)(C)C(O)CNC(=O)CN1C(=O)CCc2ccccc21. The van der Waals surface area contributed by atoms with Gasteiger partial charge in [-0.15, -0.1) is 0 Å². The number of fused-ring (bicyclic) bond motifs is 1. The van der Waals surface area contributed by atoms with E-state index in [1.165, 1.54) is 4.90 Å². The Kier molecular flexibility index (Phi) is 4.86. The first-order valence-electron chi connectivity index (χ1n) is 7.62. The van der Waals surface area contributed by atoms with Crippen LogP contribution in [0.15, 0.2) is 24.3 Å². The number of anilines is 1. The third kappa shape index (κ3) is 3.85. The summed E-state index contributed by atoms with van der Waals surface area (Å²) in [6.07, 6.45) is 0.519. The highest BCUT2D eigenvalue weighted by atomic mass is 16.3. The Morgan fingerprint density at radius 2 is 2.00 bits per heavy atom. The van der Waals surface area contributed by atoms with Gasteiger partial charge in [0.25, 0.3) is 0 Å². The minimum Gasteiger partial charge on any atom is -0.391 e. The van der Waals surface area contributed by atoms with Crippen molar-refractivity contribution in [2.24, 2.45) is 5.41 Å². The largest absolute Gasteiger partial charge is 0.391 e. The molecule has 1 heterocycles. The molecule has 0 saturated carbocycles. The van der Waals surface area contributed by atoms with Crippen molar-refractivity contribution in [3.8, 4) is 0 Å². The second-order valence-electron chi connectivity index (χ2n) is 6.79. The Morgan fingerprint density at radius 1 is 1.32 bits per heavy atom. The summed E-state index contributed by atoms with van der Waals surface area (Å²) in [5, 5.41) is 12.7. The summed E-state index contributed by atoms with van der Waals surface area (Å²) < 4.78 is 0. The Hall–Kier alpha value is -1.88. The van der Waals surface area contributed by atoms with E-state index in [0.717, 1.165) is 17.7 Å². The molecule has 1 aliphatic rings. The van der Waals surface area contributed by atoms with Gasteiger partial charge in [0.05, 0.1) is 6.10 Å². The van der Waals surface area contributed by atoms with Gasteiger partial charge in [-0.1, -0.05) is 39.0 Å². The average Bonchev–Trinajstić information content (AvgIpc) is 2.46. The Labute approximate surface area is 131 Å². The first-order valence-corrected chi connectivity index (χ1v) is 7.62. The summed E-state index contributed by atoms with van der Waals surface area (Å²) in [7, 11) is 0. The molecule has 0 spiro atoms. The van der Waals surface area contributed by atoms with Crippen molar-refractivity contribution >= 4 is 17.5 Å². The summed E-state index contributed by atoms with van der Waals surface area (Å²) in [4.78, 5) is 25.7. The second-order valence-corrected chi connectivity index (χ2v) is 6.79. The molecular weight excluding hydrogens is 280 g/mol. The van der Waals surface area contributed by atoms with Crippen LogP contribution in [-0.2, 0) is 16.0 Å². The van der Waals surface area contributed by atoms with Crippen LogP contribution in [0.25, 0.3) is 0 Å². The first kappa shape index (κ1) is 16.5. The zero-order chi connectivity index (χ0) is 16.3. The van der Waals surface area contributed by atoms with Crippen LogP contribution < -0.4 is 10.2 Å². The summed E-state index contributed by atoms with van der Waals surface area (Å²) in [6.45, 7) is 5.91. The summed E-state index contributed by atoms with van der Waals surface area (Å²) in [6, 6.07) is 7.65. The molecular formula is C17H24N2O3. The molecule has 0 bridgehead atoms. The van der Waals surface area contributed by atoms with Crippen LogP contribution in [0, 0.1) is 5.41 Å². The molecule has 0 aromatic heterocycles. The molecule has 0 fully saturated rings. The van der Waals surface area contributed by atoms with Gasteiger partial charge in [-0.2, -0.15) is 0 Å². The van der Waals surface area contributed by atoms with E-state index in [0.29, 0.717) is 6.42 Å². The molecule has 0 radical (unpaired) electrons. The number of benzene rings is 1. The lowest BCUT2D eigenvalue weighted by Gasteiger charge is -2.30. The molecule has 0 aliphatic carbocycles. The van der Waals surface area contributed by atoms with Crippen molar-refractivity contribution in [2.45, 2.75) is 39.7 Å². The number of aliphatic hydroxyl groups is 1. The predicted molar refractivity (Wildman–Crippen MR) is 85.6 cm³/mol. The van der Waals surface area contributed by atoms with Gasteiger partial charge in [0.1, 0.15) is 6.54 Å². The normalized spacial score (nSPS) is 16.2. The van der Waals surface area contributed by atoms with Gasteiger partial charge in [-0.05, 0) is 23.5 Å². The van der Waals surface area contributed by atoms with Crippen LogP contribution in [0.3, 0.4) is 0 Å². The quantitative estimate of drug-likeness (QED) is 0.885. The topological polar surface area (TPSA) is 69.6 Å². The molecule has 5 nitrogen and oxygen atoms in total. The van der Waals surface area contributed by atoms with Crippen molar-refractivity contribution in [1.29, 1.82) is 0 Å². The maximum Gasteiger partial charge on any atom is 0.240 e. The monoisotopic (exact) mass is 304 g/mol. The molecule has 2 rings (SSSR count). The van der Waals surface area contributed by atoms with Crippen LogP contribution in [0.2, 0.25) is 0 Å². The van der Waals surface area contributed by atoms with E-state index in [4.69, 9.17) is 0 Å². The van der Waals surface area contributed by atoms with Gasteiger partial charge in [-0.3, -0.25) is 9.59 Å². The van der Waals surface area contributed by atoms with Crippen molar-refractivity contribution in [3.63, 3.8) is 0 Å². The number of nitrogens with zero attached hydrogens (tertiary/aromatic N) is 1. The zero-order valence-corrected chi connectivity index (χ0v) is 13.4. The molecule has 120 valence electrons. The lowest BCUT2D eigenvalue weighted by molar-refractivity contribution is -0.124. The van der Waals surface area contributed by atoms with Crippen molar-refractivity contribution in [3.05, 3.63) is 29.8 Å². The van der Waals surface area contributed by atoms with E-state index in [-0.39, 0.29) is 30.3 Å². The standard InChI is InChI=1S/C17H24N2O3/c1-17(2,3)14(20)10-18-15(21)11-19-13-7-5-4-6-12(13)8-9-16(19)22/h4-7,14,20H,8-11H2,1-3H3,(H,18,21). The Bertz CT molecular complexity index is 563. The third-order valence-electron chi connectivity index (χ3n) is 3.99. The van der Waals surface area contributed by atoms with Gasteiger partial charge in [0.15, 0.2) is 0 Å². The predicted octanol–water partition coefficient (Wildman–Crippen LogP) is 1.49. The lowest BCUT2D eigenvalue weighted by Crippen LogP contribution is -2.46. The van der Waals surface area contributed by atoms with Gasteiger partial charge >= 0.3 is 0 Å². The van der Waals surface area contributed by atoms with E-state index in [9.17, 15) is 14.7 Å². The number of hydrogen-bond acceptors (Lipinski definition) is 3. The number of carbonyl (C=O) groups is 2. The molecule has 1 aromatic rings. The number of aryl methyl sites for hydroxylation is 1. The Morgan fingerprint density at radius 3 is 2.68 bits per heavy atom. The summed E-state index contributed by atoms with van der Waals surface area (Å²) in [5.41, 5.74) is 1.61. The fraction of sp³-hybridized carbons (Fsp3) is 0.529. The molecule has 2 amide bonds. The van der Waals surface area contributed by atoms with Crippen LogP contribution >= 0.6 is 0 Å². The van der Waals surface area contributed by atoms with Crippen LogP contribution in [0.4, 0.5) is 5.69 Å². The molecule has 0 saturated heterocycles. The highest BCUT2D eigenvalue weighted by Gasteiger charge is 2.27. The average molecular weight is 304 g/mol. The van der Waals surface area contributed by atoms with Crippen molar-refractivity contribution in [1.82, 2.24) is 5.32 Å². The minimum absolute atomic E-state index is 0.00723. The van der Waals surface area contributed by atoms with E-state index in [1.54, 1.807) is 0 Å². The number of carbonyl (C=O) groups excluding carboxylic acids is 2. The zero-order valence-electron chi connectivity index (χ0n) is 13.4. The highest BCUT2D eigenvalue weighted by molar-refractivity contribution is 6.00. The molecule has 1 aromatic carbocycles. The van der Waals surface area contributed by atoms with Crippen molar-refractivity contribution < 1.29 is 14.7 Å². The third-order valence-corrected chi connectivity index (χ3v) is 3.99. The fourth-order valence-electron chi connectivity index (χ4n) is 2.39. The van der Waals surface area contributed by atoms with Gasteiger partial charge < -0.3 is 15.3 Å². The molecule has 2 N–H and O–H groups in total. The van der Waals surface area contributed by atoms with E-state index >= 15 is 0 Å². The fourth-order valence-corrected chi connectivity index (χ4v) is 2.39. The van der Waals surface area contributed by atoms with Crippen LogP contribution in [0.1, 0.15) is 32.8 Å². The smallest absolute Gasteiger partial charge is 0.240 e. The maximum atomic E-state index is 12.1. The van der Waals surface area contributed by atoms with Gasteiger partial charge in [-0.25, -0.2) is 0 Å². The summed E-state index contributed by atoms with van der Waals surface area (Å²) >= 11 is 0. The maximum absolute atomic E-state index is 12.1. The van der Waals surface area contributed by atoms with Gasteiger partial charge in [0.2, 0.25) is 11.8 Å². The highest BCUT2D eigenvalue weighted by Crippen LogP contribution is 2.27. The van der Waals surface area contributed by atoms with Crippen molar-refractivity contribution in [2.75, 3.05) is 18.0 Å². The van der Waals surface area contributed by atoms with E-state index < -0.39 is 6.10 Å². The Balaban J connectivity index is 1.98. The number of amides is 2. The van der Waals surface area contributed by atoms with Gasteiger partial charge in [0, 0.05) is 18.7 Å². The van der Waals surface area contributed by atoms with Crippen LogP contribution in [-0.4, -0.2) is 36.1 Å². The van der Waals surface area contributed by atoms with E-state index in [2.05, 4.69) is 5.32 Å². The number of hydrogen-bond donors (Lipinski definition) is 2. The number of aliphatic hydroxyl groups excluding tert-OH is 1. The van der Waals surface area contributed by atoms with E-state index in [1.807, 2.05) is 45.0 Å². The first-order chi connectivity index (χ1) is 10.3. The summed E-state index contributed by atoms with van der Waals surface area (Å²) in [5.74, 6) is -0.293. The second kappa shape index (κ2) is 6.48. The number of nitrogens with one attached hydrogen (secondary N) is 1. The van der Waals surface area contributed by atoms with Crippen LogP contribution in [0.5, 0.6) is 0 Å². The minimum atomic E-state index is -0.624. The number of rotatable bonds is 4.